The Morgan fingerprint density at radius 1 is 1.19 bits per heavy atom. The van der Waals surface area contributed by atoms with Crippen molar-refractivity contribution >= 4 is 38.9 Å². The lowest BCUT2D eigenvalue weighted by atomic mass is 10.2. The molecule has 0 saturated carbocycles. The van der Waals surface area contributed by atoms with Gasteiger partial charge in [0.2, 0.25) is 0 Å². The van der Waals surface area contributed by atoms with Crippen molar-refractivity contribution in [2.24, 2.45) is 0 Å². The number of hydrogen-bond acceptors (Lipinski definition) is 2. The Labute approximate surface area is 138 Å². The van der Waals surface area contributed by atoms with E-state index in [0.29, 0.717) is 11.7 Å². The molecule has 0 radical (unpaired) electrons. The summed E-state index contributed by atoms with van der Waals surface area (Å²) in [7, 11) is 1.66. The second kappa shape index (κ2) is 7.43. The monoisotopic (exact) mass is 364 g/mol. The molecule has 5 heteroatoms. The first-order valence-electron chi connectivity index (χ1n) is 6.52. The van der Waals surface area contributed by atoms with E-state index in [1.54, 1.807) is 7.11 Å². The number of nitrogens with one attached hydrogen (secondary N) is 2. The second-order valence-electron chi connectivity index (χ2n) is 4.62. The summed E-state index contributed by atoms with van der Waals surface area (Å²) in [5.74, 6) is 0.852. The van der Waals surface area contributed by atoms with Crippen LogP contribution in [0.3, 0.4) is 0 Å². The third kappa shape index (κ3) is 4.72. The van der Waals surface area contributed by atoms with Gasteiger partial charge in [-0.1, -0.05) is 28.1 Å². The van der Waals surface area contributed by atoms with Crippen LogP contribution < -0.4 is 15.4 Å². The van der Waals surface area contributed by atoms with Crippen LogP contribution in [-0.2, 0) is 6.54 Å². The van der Waals surface area contributed by atoms with Crippen LogP contribution in [0.5, 0.6) is 5.75 Å². The highest BCUT2D eigenvalue weighted by Gasteiger charge is 2.01. The van der Waals surface area contributed by atoms with Gasteiger partial charge < -0.3 is 15.4 Å². The van der Waals surface area contributed by atoms with Crippen LogP contribution in [-0.4, -0.2) is 12.2 Å². The molecule has 0 atom stereocenters. The summed E-state index contributed by atoms with van der Waals surface area (Å²) in [6.07, 6.45) is 0. The van der Waals surface area contributed by atoms with Crippen LogP contribution in [0.1, 0.15) is 11.1 Å². The normalized spacial score (nSPS) is 10.0. The maximum Gasteiger partial charge on any atom is 0.171 e. The smallest absolute Gasteiger partial charge is 0.171 e. The second-order valence-corrected chi connectivity index (χ2v) is 5.88. The van der Waals surface area contributed by atoms with E-state index in [-0.39, 0.29) is 0 Å². The topological polar surface area (TPSA) is 33.3 Å². The first kappa shape index (κ1) is 15.8. The van der Waals surface area contributed by atoms with Crippen LogP contribution in [0, 0.1) is 6.92 Å². The van der Waals surface area contributed by atoms with Gasteiger partial charge in [-0.25, -0.2) is 0 Å². The molecular formula is C16H17BrN2OS. The molecule has 0 saturated heterocycles. The number of rotatable bonds is 4. The molecule has 3 nitrogen and oxygen atoms in total. The minimum absolute atomic E-state index is 0.604. The molecule has 0 aliphatic carbocycles. The molecule has 0 amide bonds. The van der Waals surface area contributed by atoms with Gasteiger partial charge in [0.05, 0.1) is 7.11 Å². The zero-order valence-electron chi connectivity index (χ0n) is 11.9. The molecule has 21 heavy (non-hydrogen) atoms. The zero-order valence-corrected chi connectivity index (χ0v) is 14.3. The van der Waals surface area contributed by atoms with E-state index in [0.717, 1.165) is 27.0 Å². The van der Waals surface area contributed by atoms with Gasteiger partial charge in [-0.15, -0.1) is 0 Å². The standard InChI is InChI=1S/C16H17BrN2OS/c1-11-9-13(5-8-15(11)17)19-16(21)18-10-12-3-6-14(20-2)7-4-12/h3-9H,10H2,1-2H3,(H2,18,19,21). The number of anilines is 1. The van der Waals surface area contributed by atoms with E-state index in [4.69, 9.17) is 17.0 Å². The molecule has 2 aromatic rings. The van der Waals surface area contributed by atoms with Gasteiger partial charge in [-0.3, -0.25) is 0 Å². The Hall–Kier alpha value is -1.59. The van der Waals surface area contributed by atoms with E-state index in [1.165, 1.54) is 0 Å². The first-order valence-corrected chi connectivity index (χ1v) is 7.72. The van der Waals surface area contributed by atoms with Crippen molar-refractivity contribution in [2.45, 2.75) is 13.5 Å². The fourth-order valence-corrected chi connectivity index (χ4v) is 2.26. The van der Waals surface area contributed by atoms with Crippen molar-refractivity contribution in [3.63, 3.8) is 0 Å². The average Bonchev–Trinajstić information content (AvgIpc) is 2.49. The third-order valence-electron chi connectivity index (χ3n) is 3.03. The number of halogens is 1. The molecule has 2 aromatic carbocycles. The van der Waals surface area contributed by atoms with Crippen molar-refractivity contribution in [3.05, 3.63) is 58.1 Å². The van der Waals surface area contributed by atoms with Crippen LogP contribution in [0.25, 0.3) is 0 Å². The van der Waals surface area contributed by atoms with Gasteiger partial charge in [-0.05, 0) is 60.6 Å². The van der Waals surface area contributed by atoms with E-state index >= 15 is 0 Å². The highest BCUT2D eigenvalue weighted by atomic mass is 79.9. The maximum atomic E-state index is 5.30. The van der Waals surface area contributed by atoms with Crippen molar-refractivity contribution in [2.75, 3.05) is 12.4 Å². The molecule has 0 spiro atoms. The van der Waals surface area contributed by atoms with Crippen LogP contribution >= 0.6 is 28.1 Å². The van der Waals surface area contributed by atoms with Crippen LogP contribution in [0.2, 0.25) is 0 Å². The molecule has 0 unspecified atom stereocenters. The van der Waals surface area contributed by atoms with Crippen molar-refractivity contribution < 1.29 is 4.74 Å². The van der Waals surface area contributed by atoms with Crippen molar-refractivity contribution in [1.82, 2.24) is 5.32 Å². The van der Waals surface area contributed by atoms with Gasteiger partial charge in [0.1, 0.15) is 5.75 Å². The largest absolute Gasteiger partial charge is 0.497 e. The first-order chi connectivity index (χ1) is 10.1. The summed E-state index contributed by atoms with van der Waals surface area (Å²) in [6, 6.07) is 13.9. The Morgan fingerprint density at radius 3 is 2.52 bits per heavy atom. The zero-order chi connectivity index (χ0) is 15.2. The number of aryl methyl sites for hydroxylation is 1. The summed E-state index contributed by atoms with van der Waals surface area (Å²) < 4.78 is 6.22. The SMILES string of the molecule is COc1ccc(CNC(=S)Nc2ccc(Br)c(C)c2)cc1. The fourth-order valence-electron chi connectivity index (χ4n) is 1.82. The minimum Gasteiger partial charge on any atom is -0.497 e. The molecule has 0 aliphatic rings. The predicted octanol–water partition coefficient (Wildman–Crippen LogP) is 4.25. The van der Waals surface area contributed by atoms with Gasteiger partial charge >= 0.3 is 0 Å². The summed E-state index contributed by atoms with van der Waals surface area (Å²) >= 11 is 8.78. The molecule has 0 aliphatic heterocycles. The predicted molar refractivity (Wildman–Crippen MR) is 94.9 cm³/mol. The molecule has 0 heterocycles. The fraction of sp³-hybridized carbons (Fsp3) is 0.188. The molecule has 2 N–H and O–H groups in total. The molecule has 0 aromatic heterocycles. The number of ether oxygens (including phenoxy) is 1. The van der Waals surface area contributed by atoms with Crippen LogP contribution in [0.4, 0.5) is 5.69 Å². The summed E-state index contributed by atoms with van der Waals surface area (Å²) in [5.41, 5.74) is 3.29. The number of hydrogen-bond donors (Lipinski definition) is 2. The Balaban J connectivity index is 1.87. The number of benzene rings is 2. The molecule has 0 fully saturated rings. The van der Waals surface area contributed by atoms with E-state index in [9.17, 15) is 0 Å². The van der Waals surface area contributed by atoms with Crippen molar-refractivity contribution in [3.8, 4) is 5.75 Å². The number of methoxy groups -OCH3 is 1. The summed E-state index contributed by atoms with van der Waals surface area (Å²) in [5, 5.41) is 6.97. The molecule has 0 bridgehead atoms. The van der Waals surface area contributed by atoms with Gasteiger partial charge in [0, 0.05) is 16.7 Å². The summed E-state index contributed by atoms with van der Waals surface area (Å²) in [6.45, 7) is 2.72. The van der Waals surface area contributed by atoms with Gasteiger partial charge in [0.15, 0.2) is 5.11 Å². The Morgan fingerprint density at radius 2 is 1.90 bits per heavy atom. The van der Waals surface area contributed by atoms with E-state index in [1.807, 2.05) is 49.4 Å². The molecular weight excluding hydrogens is 348 g/mol. The summed E-state index contributed by atoms with van der Waals surface area (Å²) in [4.78, 5) is 0. The number of thiocarbonyl (C=S) groups is 1. The average molecular weight is 365 g/mol. The minimum atomic E-state index is 0.604. The molecule has 2 rings (SSSR count). The maximum absolute atomic E-state index is 5.30. The third-order valence-corrected chi connectivity index (χ3v) is 4.16. The van der Waals surface area contributed by atoms with Crippen molar-refractivity contribution in [1.29, 1.82) is 0 Å². The van der Waals surface area contributed by atoms with Gasteiger partial charge in [-0.2, -0.15) is 0 Å². The van der Waals surface area contributed by atoms with Gasteiger partial charge in [0.25, 0.3) is 0 Å². The molecule has 110 valence electrons. The lowest BCUT2D eigenvalue weighted by molar-refractivity contribution is 0.414. The highest BCUT2D eigenvalue weighted by molar-refractivity contribution is 9.10. The highest BCUT2D eigenvalue weighted by Crippen LogP contribution is 2.20. The Kier molecular flexibility index (Phi) is 5.59. The lowest BCUT2D eigenvalue weighted by Gasteiger charge is -2.12. The Bertz CT molecular complexity index is 629. The van der Waals surface area contributed by atoms with E-state index in [2.05, 4.69) is 26.6 Å². The quantitative estimate of drug-likeness (QED) is 0.794. The lowest BCUT2D eigenvalue weighted by Crippen LogP contribution is -2.27. The van der Waals surface area contributed by atoms with E-state index < -0.39 is 0 Å². The van der Waals surface area contributed by atoms with Crippen LogP contribution in [0.15, 0.2) is 46.9 Å².